The van der Waals surface area contributed by atoms with Gasteiger partial charge in [0.15, 0.2) is 6.17 Å². The van der Waals surface area contributed by atoms with Gasteiger partial charge in [-0.25, -0.2) is 24.5 Å². The van der Waals surface area contributed by atoms with E-state index in [4.69, 9.17) is 20.0 Å². The Morgan fingerprint density at radius 3 is 1.25 bits per heavy atom. The largest absolute Gasteiger partial charge is 0.346 e. The maximum atomic E-state index is 5.80. The van der Waals surface area contributed by atoms with Gasteiger partial charge in [-0.15, -0.1) is 0 Å². The van der Waals surface area contributed by atoms with Crippen molar-refractivity contribution in [2.24, 2.45) is 25.9 Å². The van der Waals surface area contributed by atoms with E-state index in [2.05, 4.69) is 238 Å². The Kier molecular flexibility index (Phi) is 25.4. The van der Waals surface area contributed by atoms with Crippen molar-refractivity contribution in [2.75, 3.05) is 91.6 Å². The molecule has 15 nitrogen and oxygen atoms in total. The number of rotatable bonds is 26. The van der Waals surface area contributed by atoms with E-state index < -0.39 is 18.5 Å². The molecule has 0 fully saturated rings. The smallest absolute Gasteiger partial charge is 0.308 e. The summed E-state index contributed by atoms with van der Waals surface area (Å²) in [6.07, 6.45) is 2.48. The number of aliphatic imine (C=N–C) groups is 4. The first-order valence-corrected chi connectivity index (χ1v) is 38.3. The van der Waals surface area contributed by atoms with E-state index in [0.717, 1.165) is 202 Å². The topological polar surface area (TPSA) is 119 Å². The second kappa shape index (κ2) is 33.3. The zero-order valence-electron chi connectivity index (χ0n) is 58.8. The molecular weight excluding hydrogens is 1200 g/mol. The summed E-state index contributed by atoms with van der Waals surface area (Å²) in [5.41, 5.74) is 13.9. The van der Waals surface area contributed by atoms with Crippen molar-refractivity contribution in [3.63, 3.8) is 0 Å². The number of fused-ring (bicyclic) bond motifs is 17. The first-order chi connectivity index (χ1) is 44.8. The average molecular weight is 1310 g/mol. The summed E-state index contributed by atoms with van der Waals surface area (Å²) in [6.45, 7) is 50.2. The Morgan fingerprint density at radius 2 is 0.804 bits per heavy atom. The maximum absolute atomic E-state index is 5.80. The Hall–Kier alpha value is -6.11. The van der Waals surface area contributed by atoms with Crippen LogP contribution < -0.4 is 21.3 Å². The summed E-state index contributed by atoms with van der Waals surface area (Å²) >= 11 is 5.89. The number of hydrogen-bond donors (Lipinski definition) is 4. The second-order valence-corrected chi connectivity index (χ2v) is 27.1. The van der Waals surface area contributed by atoms with Crippen LogP contribution in [-0.2, 0) is 23.7 Å². The summed E-state index contributed by atoms with van der Waals surface area (Å²) in [7, 11) is 0. The Balaban J connectivity index is 1.18. The van der Waals surface area contributed by atoms with Crippen LogP contribution in [0.1, 0.15) is 221 Å². The third-order valence-electron chi connectivity index (χ3n) is 19.4. The van der Waals surface area contributed by atoms with Gasteiger partial charge in [0.2, 0.25) is 10.9 Å². The normalized spacial score (nSPS) is 17.7. The minimum atomic E-state index is -0.510. The van der Waals surface area contributed by atoms with Crippen LogP contribution in [0.4, 0.5) is 0 Å². The summed E-state index contributed by atoms with van der Waals surface area (Å²) in [4.78, 5) is 30.3. The molecule has 4 unspecified atom stereocenters. The fourth-order valence-corrected chi connectivity index (χ4v) is 18.1. The first-order valence-electron chi connectivity index (χ1n) is 35.3. The predicted molar refractivity (Wildman–Crippen MR) is 396 cm³/mol. The summed E-state index contributed by atoms with van der Waals surface area (Å²) < 4.78 is 10.1. The Labute approximate surface area is 566 Å². The molecular formula is C74H111N15S3+4. The summed E-state index contributed by atoms with van der Waals surface area (Å²) in [6, 6.07) is 28.1. The van der Waals surface area contributed by atoms with Gasteiger partial charge in [-0.05, 0) is 168 Å². The highest BCUT2D eigenvalue weighted by molar-refractivity contribution is 8.13. The molecule has 92 heavy (non-hydrogen) atoms. The SMILES string of the molecule is CCC(CC)C(SCc1ccc2c(c1)C1N=C2NC2N=C(NC3N=C(NC4N/C(=N\1)c1cc(CCC(N(CC)CC)=[N+](CC)CC)ccc14)c1ccc(CSC(N(CC)CC)=[N+](CC)CC)cc13)c1ccc(CSC(N(CC)CC)=[N+](CC)CC)cc12)=[N+](CC)CC. The lowest BCUT2D eigenvalue weighted by Crippen LogP contribution is -2.38. The van der Waals surface area contributed by atoms with Crippen molar-refractivity contribution in [2.45, 2.75) is 178 Å². The molecule has 5 heterocycles. The highest BCUT2D eigenvalue weighted by Gasteiger charge is 2.38. The van der Waals surface area contributed by atoms with E-state index in [1.165, 1.54) is 43.5 Å². The molecule has 4 aromatic rings. The number of nitrogens with zero attached hydrogens (tertiary/aromatic N) is 11. The number of nitrogens with one attached hydrogen (secondary N) is 4. The number of aryl methyl sites for hydroxylation is 1. The minimum Gasteiger partial charge on any atom is -0.346 e. The lowest BCUT2D eigenvalue weighted by atomic mass is 10.00. The van der Waals surface area contributed by atoms with E-state index in [1.807, 2.05) is 35.3 Å². The molecule has 0 saturated heterocycles. The van der Waals surface area contributed by atoms with Crippen LogP contribution in [0.3, 0.4) is 0 Å². The molecule has 496 valence electrons. The number of hydrogen-bond acceptors (Lipinski definition) is 11. The molecule has 9 rings (SSSR count). The van der Waals surface area contributed by atoms with Gasteiger partial charge >= 0.3 is 10.3 Å². The molecule has 0 radical (unpaired) electrons. The van der Waals surface area contributed by atoms with Crippen molar-refractivity contribution in [1.29, 1.82) is 0 Å². The summed E-state index contributed by atoms with van der Waals surface area (Å²) in [5.74, 6) is 7.80. The molecule has 0 spiro atoms. The quantitative estimate of drug-likeness (QED) is 0.0275. The van der Waals surface area contributed by atoms with E-state index >= 15 is 0 Å². The molecule has 0 amide bonds. The van der Waals surface area contributed by atoms with Crippen LogP contribution in [0, 0.1) is 5.92 Å². The van der Waals surface area contributed by atoms with E-state index in [-0.39, 0.29) is 6.17 Å². The van der Waals surface area contributed by atoms with Crippen molar-refractivity contribution < 1.29 is 18.3 Å². The standard InChI is InChI=1S/C74H111N15S3/c1-17-54(18-2)72(85(23-7)24-8)90-47-51-34-39-57-60(44-51)71-81-67(57)80-70-62-46-53(49-92-74(88(29-13)30-14)89(31-15)32-16)36-41-58(62)66(79-70)78-69-61-45-52(48-91-73(86(25-9)26-10)87(27-11)28-12)35-40-56(61)65(77-69)75-64-55-38-33-50(43-59(55)68(76-64)82-71)37-42-63(83(19-3)20-4)84(21-5)22-6/h33-36,38-41,43-46,54,64,69-71H,17-32,37,42,47-49H2,1-16H3,(H,75,77)(H,76,82)(H,78,79)(H,80,81)/q+4. The molecule has 0 aromatic heterocycles. The lowest BCUT2D eigenvalue weighted by Gasteiger charge is -2.20. The zero-order valence-corrected chi connectivity index (χ0v) is 61.3. The van der Waals surface area contributed by atoms with E-state index in [0.29, 0.717) is 5.92 Å². The van der Waals surface area contributed by atoms with Crippen molar-refractivity contribution in [1.82, 2.24) is 36.0 Å². The molecule has 0 aliphatic carbocycles. The van der Waals surface area contributed by atoms with Crippen LogP contribution in [0.5, 0.6) is 0 Å². The fraction of sp³-hybridized carbons (Fsp3) is 0.568. The van der Waals surface area contributed by atoms with Gasteiger partial charge in [-0.1, -0.05) is 92.3 Å². The van der Waals surface area contributed by atoms with Crippen LogP contribution in [0.15, 0.2) is 92.8 Å². The van der Waals surface area contributed by atoms with Gasteiger partial charge in [-0.3, -0.25) is 28.4 Å². The molecule has 5 aliphatic rings. The third kappa shape index (κ3) is 15.3. The predicted octanol–water partition coefficient (Wildman–Crippen LogP) is 13.0. The van der Waals surface area contributed by atoms with Crippen molar-refractivity contribution in [3.05, 3.63) is 140 Å². The monoisotopic (exact) mass is 1310 g/mol. The number of thioether (sulfide) groups is 3. The molecule has 5 aliphatic heterocycles. The highest BCUT2D eigenvalue weighted by Crippen LogP contribution is 2.40. The molecule has 0 saturated carbocycles. The minimum absolute atomic E-state index is 0.309. The fourth-order valence-electron chi connectivity index (χ4n) is 13.9. The molecule has 18 heteroatoms. The van der Waals surface area contributed by atoms with Gasteiger partial charge in [0.1, 0.15) is 54.9 Å². The average Bonchev–Trinajstić information content (AvgIpc) is 1.65. The van der Waals surface area contributed by atoms with Crippen LogP contribution in [0.25, 0.3) is 0 Å². The maximum Gasteiger partial charge on any atom is 0.308 e. The van der Waals surface area contributed by atoms with Crippen LogP contribution >= 0.6 is 35.3 Å². The van der Waals surface area contributed by atoms with Crippen molar-refractivity contribution in [3.8, 4) is 0 Å². The van der Waals surface area contributed by atoms with Gasteiger partial charge < -0.3 is 21.3 Å². The third-order valence-corrected chi connectivity index (χ3v) is 23.2. The van der Waals surface area contributed by atoms with Gasteiger partial charge in [0.05, 0.1) is 85.0 Å². The second-order valence-electron chi connectivity index (χ2n) is 24.2. The van der Waals surface area contributed by atoms with E-state index in [9.17, 15) is 0 Å². The Morgan fingerprint density at radius 1 is 0.402 bits per heavy atom. The van der Waals surface area contributed by atoms with E-state index in [1.54, 1.807) is 0 Å². The molecule has 4 aromatic carbocycles. The molecule has 4 N–H and O–H groups in total. The molecule has 8 bridgehead atoms. The Bertz CT molecular complexity index is 3460. The first kappa shape index (κ1) is 70.2. The highest BCUT2D eigenvalue weighted by atomic mass is 32.2. The van der Waals surface area contributed by atoms with Crippen LogP contribution in [0.2, 0.25) is 0 Å². The van der Waals surface area contributed by atoms with Crippen LogP contribution in [-0.4, -0.2) is 169 Å². The van der Waals surface area contributed by atoms with Gasteiger partial charge in [0, 0.05) is 67.7 Å². The zero-order chi connectivity index (χ0) is 65.6. The van der Waals surface area contributed by atoms with Crippen molar-refractivity contribution >= 4 is 79.8 Å². The van der Waals surface area contributed by atoms with Gasteiger partial charge in [0.25, 0.3) is 0 Å². The summed E-state index contributed by atoms with van der Waals surface area (Å²) in [5, 5.41) is 20.2. The molecule has 4 atom stereocenters. The number of benzene rings is 4. The lowest BCUT2D eigenvalue weighted by molar-refractivity contribution is -0.526. The number of amidine groups is 7. The van der Waals surface area contributed by atoms with Gasteiger partial charge in [-0.2, -0.15) is 0 Å².